The number of rotatable bonds is 5. The number of nitriles is 1. The van der Waals surface area contributed by atoms with Crippen LogP contribution in [-0.4, -0.2) is 17.0 Å². The third kappa shape index (κ3) is 3.35. The van der Waals surface area contributed by atoms with Gasteiger partial charge in [-0.05, 0) is 56.3 Å². The fourth-order valence-electron chi connectivity index (χ4n) is 2.94. The average molecular weight is 348 g/mol. The van der Waals surface area contributed by atoms with Crippen molar-refractivity contribution in [2.24, 2.45) is 0 Å². The Hall–Kier alpha value is -3.39. The zero-order valence-electron chi connectivity index (χ0n) is 14.5. The number of ether oxygens (including phenoxy) is 1. The number of aryl methyl sites for hydroxylation is 1. The molecule has 0 fully saturated rings. The molecule has 3 rings (SSSR count). The number of aromatic nitrogens is 1. The molecule has 1 aromatic heterocycles. The van der Waals surface area contributed by atoms with Gasteiger partial charge in [-0.2, -0.15) is 5.26 Å². The molecule has 130 valence electrons. The summed E-state index contributed by atoms with van der Waals surface area (Å²) in [6.07, 6.45) is 0. The van der Waals surface area contributed by atoms with E-state index in [0.717, 1.165) is 17.1 Å². The molecule has 4 nitrogen and oxygen atoms in total. The van der Waals surface area contributed by atoms with Crippen molar-refractivity contribution in [3.8, 4) is 17.5 Å². The molecule has 0 saturated heterocycles. The van der Waals surface area contributed by atoms with E-state index in [4.69, 9.17) is 10.00 Å². The summed E-state index contributed by atoms with van der Waals surface area (Å²) in [5.41, 5.74) is 3.35. The van der Waals surface area contributed by atoms with Crippen molar-refractivity contribution in [1.29, 1.82) is 5.26 Å². The maximum atomic E-state index is 13.2. The molecule has 2 aromatic carbocycles. The first-order valence-corrected chi connectivity index (χ1v) is 8.11. The molecule has 0 radical (unpaired) electrons. The van der Waals surface area contributed by atoms with Gasteiger partial charge in [-0.1, -0.05) is 12.1 Å². The van der Waals surface area contributed by atoms with Crippen LogP contribution < -0.4 is 4.74 Å². The lowest BCUT2D eigenvalue weighted by Crippen LogP contribution is -2.13. The Morgan fingerprint density at radius 2 is 1.85 bits per heavy atom. The quantitative estimate of drug-likeness (QED) is 0.644. The van der Waals surface area contributed by atoms with Crippen LogP contribution in [-0.2, 0) is 0 Å². The third-order valence-corrected chi connectivity index (χ3v) is 4.18. The molecule has 0 spiro atoms. The topological polar surface area (TPSA) is 55.0 Å². The van der Waals surface area contributed by atoms with Crippen LogP contribution in [0.4, 0.5) is 4.39 Å². The van der Waals surface area contributed by atoms with Gasteiger partial charge in [0.1, 0.15) is 17.6 Å². The van der Waals surface area contributed by atoms with Crippen LogP contribution in [0, 0.1) is 31.0 Å². The molecule has 5 heteroatoms. The molecule has 0 unspecified atom stereocenters. The van der Waals surface area contributed by atoms with E-state index < -0.39 is 0 Å². The molecule has 0 amide bonds. The van der Waals surface area contributed by atoms with Gasteiger partial charge in [0, 0.05) is 22.6 Å². The lowest BCUT2D eigenvalue weighted by atomic mass is 10.1. The minimum Gasteiger partial charge on any atom is -0.484 e. The zero-order valence-corrected chi connectivity index (χ0v) is 14.5. The largest absolute Gasteiger partial charge is 0.484 e. The van der Waals surface area contributed by atoms with Crippen molar-refractivity contribution < 1.29 is 13.9 Å². The normalized spacial score (nSPS) is 10.4. The number of para-hydroxylation sites is 1. The molecular weight excluding hydrogens is 331 g/mol. The second kappa shape index (κ2) is 7.24. The minimum atomic E-state index is -0.308. The summed E-state index contributed by atoms with van der Waals surface area (Å²) < 4.78 is 20.6. The Balaban J connectivity index is 1.84. The Kier molecular flexibility index (Phi) is 4.85. The van der Waals surface area contributed by atoms with Crippen LogP contribution >= 0.6 is 0 Å². The molecule has 0 atom stereocenters. The highest BCUT2D eigenvalue weighted by Gasteiger charge is 2.17. The SMILES string of the molecule is Cc1cc(C(=O)COc2ccccc2C#N)c(C)n1-c1ccc(F)cc1. The minimum absolute atomic E-state index is 0.160. The number of benzene rings is 2. The Morgan fingerprint density at radius 1 is 1.15 bits per heavy atom. The summed E-state index contributed by atoms with van der Waals surface area (Å²) in [6.45, 7) is 3.57. The van der Waals surface area contributed by atoms with Crippen LogP contribution in [0.5, 0.6) is 5.75 Å². The molecule has 0 aliphatic rings. The van der Waals surface area contributed by atoms with E-state index in [2.05, 4.69) is 0 Å². The fraction of sp³-hybridized carbons (Fsp3) is 0.143. The number of carbonyl (C=O) groups excluding carboxylic acids is 1. The summed E-state index contributed by atoms with van der Waals surface area (Å²) >= 11 is 0. The van der Waals surface area contributed by atoms with Gasteiger partial charge in [0.2, 0.25) is 5.78 Å². The zero-order chi connectivity index (χ0) is 18.7. The monoisotopic (exact) mass is 348 g/mol. The molecule has 0 aliphatic heterocycles. The maximum absolute atomic E-state index is 13.2. The second-order valence-corrected chi connectivity index (χ2v) is 5.92. The standard InChI is InChI=1S/C21H17FN2O2/c1-14-11-19(15(2)24(14)18-9-7-17(22)8-10-18)20(25)13-26-21-6-4-3-5-16(21)12-23/h3-11H,13H2,1-2H3. The summed E-state index contributed by atoms with van der Waals surface area (Å²) in [4.78, 5) is 12.6. The smallest absolute Gasteiger partial charge is 0.202 e. The van der Waals surface area contributed by atoms with Crippen LogP contribution in [0.15, 0.2) is 54.6 Å². The molecule has 26 heavy (non-hydrogen) atoms. The van der Waals surface area contributed by atoms with Crippen molar-refractivity contribution in [3.05, 3.63) is 82.9 Å². The van der Waals surface area contributed by atoms with Crippen LogP contribution in [0.25, 0.3) is 5.69 Å². The predicted octanol–water partition coefficient (Wildman–Crippen LogP) is 4.37. The molecule has 0 saturated carbocycles. The Labute approximate surface area is 151 Å². The summed E-state index contributed by atoms with van der Waals surface area (Å²) in [5.74, 6) is -0.105. The number of halogens is 1. The van der Waals surface area contributed by atoms with E-state index in [0.29, 0.717) is 16.9 Å². The number of hydrogen-bond donors (Lipinski definition) is 0. The number of carbonyl (C=O) groups is 1. The molecule has 0 bridgehead atoms. The van der Waals surface area contributed by atoms with Gasteiger partial charge < -0.3 is 9.30 Å². The Bertz CT molecular complexity index is 998. The van der Waals surface area contributed by atoms with Gasteiger partial charge in [-0.25, -0.2) is 4.39 Å². The summed E-state index contributed by atoms with van der Waals surface area (Å²) in [5, 5.41) is 9.09. The first kappa shape index (κ1) is 17.4. The highest BCUT2D eigenvalue weighted by atomic mass is 19.1. The number of ketones is 1. The van der Waals surface area contributed by atoms with Crippen LogP contribution in [0.2, 0.25) is 0 Å². The second-order valence-electron chi connectivity index (χ2n) is 5.92. The van der Waals surface area contributed by atoms with E-state index in [1.807, 2.05) is 24.5 Å². The van der Waals surface area contributed by atoms with E-state index >= 15 is 0 Å². The van der Waals surface area contributed by atoms with E-state index in [1.54, 1.807) is 42.5 Å². The third-order valence-electron chi connectivity index (χ3n) is 4.18. The van der Waals surface area contributed by atoms with Gasteiger partial charge in [-0.3, -0.25) is 4.79 Å². The predicted molar refractivity (Wildman–Crippen MR) is 96.2 cm³/mol. The first-order valence-electron chi connectivity index (χ1n) is 8.11. The van der Waals surface area contributed by atoms with Gasteiger partial charge in [0.15, 0.2) is 6.61 Å². The van der Waals surface area contributed by atoms with Crippen molar-refractivity contribution >= 4 is 5.78 Å². The van der Waals surface area contributed by atoms with Crippen LogP contribution in [0.1, 0.15) is 27.3 Å². The average Bonchev–Trinajstić information content (AvgIpc) is 2.95. The van der Waals surface area contributed by atoms with Gasteiger partial charge in [-0.15, -0.1) is 0 Å². The van der Waals surface area contributed by atoms with E-state index in [9.17, 15) is 9.18 Å². The highest BCUT2D eigenvalue weighted by Crippen LogP contribution is 2.22. The number of nitrogens with zero attached hydrogens (tertiary/aromatic N) is 2. The molecular formula is C21H17FN2O2. The molecule has 0 aliphatic carbocycles. The van der Waals surface area contributed by atoms with Crippen molar-refractivity contribution in [2.45, 2.75) is 13.8 Å². The Morgan fingerprint density at radius 3 is 2.54 bits per heavy atom. The van der Waals surface area contributed by atoms with Crippen LogP contribution in [0.3, 0.4) is 0 Å². The van der Waals surface area contributed by atoms with Gasteiger partial charge in [0.25, 0.3) is 0 Å². The maximum Gasteiger partial charge on any atom is 0.202 e. The van der Waals surface area contributed by atoms with E-state index in [1.165, 1.54) is 12.1 Å². The lowest BCUT2D eigenvalue weighted by Gasteiger charge is -2.10. The highest BCUT2D eigenvalue weighted by molar-refractivity contribution is 5.98. The van der Waals surface area contributed by atoms with Crippen molar-refractivity contribution in [2.75, 3.05) is 6.61 Å². The number of Topliss-reactive ketones (excluding diaryl/α,β-unsaturated/α-hetero) is 1. The number of hydrogen-bond acceptors (Lipinski definition) is 3. The first-order chi connectivity index (χ1) is 12.5. The molecule has 3 aromatic rings. The van der Waals surface area contributed by atoms with Crippen molar-refractivity contribution in [3.63, 3.8) is 0 Å². The van der Waals surface area contributed by atoms with Crippen molar-refractivity contribution in [1.82, 2.24) is 4.57 Å². The van der Waals surface area contributed by atoms with Gasteiger partial charge in [0.05, 0.1) is 5.56 Å². The summed E-state index contributed by atoms with van der Waals surface area (Å²) in [6, 6.07) is 16.7. The molecule has 1 heterocycles. The van der Waals surface area contributed by atoms with Gasteiger partial charge >= 0.3 is 0 Å². The fourth-order valence-corrected chi connectivity index (χ4v) is 2.94. The van der Waals surface area contributed by atoms with E-state index in [-0.39, 0.29) is 18.2 Å². The molecule has 0 N–H and O–H groups in total. The lowest BCUT2D eigenvalue weighted by molar-refractivity contribution is 0.0920. The summed E-state index contributed by atoms with van der Waals surface area (Å²) in [7, 11) is 0.